The van der Waals surface area contributed by atoms with E-state index in [2.05, 4.69) is 24.8 Å². The summed E-state index contributed by atoms with van der Waals surface area (Å²) in [6, 6.07) is 6.51. The van der Waals surface area contributed by atoms with E-state index in [0.29, 0.717) is 11.3 Å². The van der Waals surface area contributed by atoms with Gasteiger partial charge in [0.2, 0.25) is 0 Å². The number of hydrogen-bond donors (Lipinski definition) is 0. The van der Waals surface area contributed by atoms with Gasteiger partial charge in [-0.25, -0.2) is 4.79 Å². The second-order valence-electron chi connectivity index (χ2n) is 7.17. The molecule has 1 saturated heterocycles. The number of cyclic esters (lactones) is 1. The Labute approximate surface area is 151 Å². The molecule has 0 N–H and O–H groups in total. The van der Waals surface area contributed by atoms with Crippen LogP contribution in [-0.4, -0.2) is 31.2 Å². The van der Waals surface area contributed by atoms with Gasteiger partial charge >= 0.3 is 5.97 Å². The Kier molecular flexibility index (Phi) is 3.25. The lowest BCUT2D eigenvalue weighted by molar-refractivity contribution is -0.134. The van der Waals surface area contributed by atoms with Crippen LogP contribution in [0.4, 0.5) is 0 Å². The molecular weight excluding hydrogens is 340 g/mol. The molecule has 1 fully saturated rings. The fraction of sp³-hybridized carbons (Fsp3) is 0.450. The van der Waals surface area contributed by atoms with Gasteiger partial charge in [-0.2, -0.15) is 0 Å². The van der Waals surface area contributed by atoms with Crippen molar-refractivity contribution in [2.75, 3.05) is 13.0 Å². The summed E-state index contributed by atoms with van der Waals surface area (Å²) in [5.74, 6) is 0.0400. The number of fused-ring (bicyclic) bond motifs is 3. The molecule has 2 aliphatic heterocycles. The summed E-state index contributed by atoms with van der Waals surface area (Å²) in [7, 11) is 1.64. The molecule has 0 aromatic heterocycles. The Morgan fingerprint density at radius 1 is 1.36 bits per heavy atom. The molecule has 4 atom stereocenters. The Morgan fingerprint density at radius 2 is 2.16 bits per heavy atom. The molecule has 1 aromatic rings. The summed E-state index contributed by atoms with van der Waals surface area (Å²) in [5, 5.41) is 0. The quantitative estimate of drug-likeness (QED) is 0.473. The number of carbonyl (C=O) groups is 1. The van der Waals surface area contributed by atoms with E-state index in [4.69, 9.17) is 25.8 Å². The third-order valence-electron chi connectivity index (χ3n) is 6.04. The number of epoxide rings is 1. The molecule has 4 aliphatic rings. The molecule has 4 nitrogen and oxygen atoms in total. The van der Waals surface area contributed by atoms with Crippen molar-refractivity contribution in [2.45, 2.75) is 37.1 Å². The number of aryl methyl sites for hydroxylation is 2. The van der Waals surface area contributed by atoms with Crippen molar-refractivity contribution in [1.29, 1.82) is 0 Å². The second-order valence-corrected chi connectivity index (χ2v) is 7.48. The van der Waals surface area contributed by atoms with Gasteiger partial charge in [-0.05, 0) is 36.0 Å². The molecule has 0 bridgehead atoms. The van der Waals surface area contributed by atoms with Crippen LogP contribution in [0, 0.1) is 5.92 Å². The highest BCUT2D eigenvalue weighted by Gasteiger charge is 2.71. The zero-order valence-electron chi connectivity index (χ0n) is 14.0. The average molecular weight is 359 g/mol. The second kappa shape index (κ2) is 5.19. The van der Waals surface area contributed by atoms with Crippen LogP contribution >= 0.6 is 11.6 Å². The normalized spacial score (nSPS) is 35.4. The summed E-state index contributed by atoms with van der Waals surface area (Å²) in [5.41, 5.74) is 4.47. The molecule has 0 amide bonds. The van der Waals surface area contributed by atoms with E-state index in [1.165, 1.54) is 17.5 Å². The largest absolute Gasteiger partial charge is 0.423 e. The van der Waals surface area contributed by atoms with Crippen LogP contribution in [0.3, 0.4) is 0 Å². The lowest BCUT2D eigenvalue weighted by Crippen LogP contribution is -2.40. The van der Waals surface area contributed by atoms with Crippen LogP contribution < -0.4 is 0 Å². The van der Waals surface area contributed by atoms with E-state index < -0.39 is 5.60 Å². The number of esters is 1. The molecule has 5 rings (SSSR count). The summed E-state index contributed by atoms with van der Waals surface area (Å²) < 4.78 is 17.3. The fourth-order valence-electron chi connectivity index (χ4n) is 4.89. The van der Waals surface area contributed by atoms with Crippen LogP contribution in [0.15, 0.2) is 41.7 Å². The molecular formula is C20H19ClO4. The van der Waals surface area contributed by atoms with Crippen molar-refractivity contribution < 1.29 is 19.0 Å². The molecule has 1 aromatic carbocycles. The number of rotatable bonds is 3. The van der Waals surface area contributed by atoms with Crippen molar-refractivity contribution in [3.63, 3.8) is 0 Å². The minimum absolute atomic E-state index is 0.175. The van der Waals surface area contributed by atoms with Gasteiger partial charge in [-0.1, -0.05) is 24.8 Å². The third-order valence-corrected chi connectivity index (χ3v) is 6.38. The Balaban J connectivity index is 1.71. The maximum atomic E-state index is 12.5. The summed E-state index contributed by atoms with van der Waals surface area (Å²) in [6.07, 6.45) is 2.95. The van der Waals surface area contributed by atoms with Crippen molar-refractivity contribution in [2.24, 2.45) is 5.92 Å². The summed E-state index contributed by atoms with van der Waals surface area (Å²) in [6.45, 7) is 3.96. The van der Waals surface area contributed by atoms with Crippen molar-refractivity contribution in [3.8, 4) is 0 Å². The third kappa shape index (κ3) is 1.88. The Morgan fingerprint density at radius 3 is 2.92 bits per heavy atom. The van der Waals surface area contributed by atoms with Gasteiger partial charge < -0.3 is 14.2 Å². The van der Waals surface area contributed by atoms with Crippen LogP contribution in [-0.2, 0) is 37.4 Å². The smallest absolute Gasteiger partial charge is 0.340 e. The number of hydrogen-bond acceptors (Lipinski definition) is 4. The molecule has 2 aliphatic carbocycles. The highest BCUT2D eigenvalue weighted by Crippen LogP contribution is 2.63. The number of alkyl halides is 1. The molecule has 0 saturated carbocycles. The zero-order valence-corrected chi connectivity index (χ0v) is 14.8. The highest BCUT2D eigenvalue weighted by molar-refractivity contribution is 6.18. The number of ether oxygens (including phenoxy) is 3. The topological polar surface area (TPSA) is 48.1 Å². The van der Waals surface area contributed by atoms with Gasteiger partial charge in [0.15, 0.2) is 5.60 Å². The molecule has 130 valence electrons. The minimum Gasteiger partial charge on any atom is -0.423 e. The van der Waals surface area contributed by atoms with Gasteiger partial charge in [-0.15, -0.1) is 11.6 Å². The van der Waals surface area contributed by atoms with Gasteiger partial charge in [0, 0.05) is 24.5 Å². The van der Waals surface area contributed by atoms with E-state index in [-0.39, 0.29) is 30.0 Å². The lowest BCUT2D eigenvalue weighted by atomic mass is 9.72. The van der Waals surface area contributed by atoms with E-state index in [1.54, 1.807) is 7.11 Å². The summed E-state index contributed by atoms with van der Waals surface area (Å²) >= 11 is 6.18. The number of carbonyl (C=O) groups excluding carboxylic acids is 1. The first kappa shape index (κ1) is 15.6. The Bertz CT molecular complexity index is 842. The molecule has 25 heavy (non-hydrogen) atoms. The monoisotopic (exact) mass is 358 g/mol. The maximum absolute atomic E-state index is 12.5. The lowest BCUT2D eigenvalue weighted by Gasteiger charge is -2.30. The average Bonchev–Trinajstić information content (AvgIpc) is 3.04. The number of benzene rings is 1. The van der Waals surface area contributed by atoms with Crippen LogP contribution in [0.5, 0.6) is 0 Å². The SMILES string of the molecule is C=C1OC(=O)C2=C1[C@]1(c3ccc4c(c3)CCC4)O[C@@H]1[C@H](OC)[C@@H]2CCl. The van der Waals surface area contributed by atoms with E-state index >= 15 is 0 Å². The predicted octanol–water partition coefficient (Wildman–Crippen LogP) is 3.02. The van der Waals surface area contributed by atoms with Gasteiger partial charge in [0.1, 0.15) is 11.9 Å². The molecule has 0 radical (unpaired) electrons. The molecule has 5 heteroatoms. The predicted molar refractivity (Wildman–Crippen MR) is 92.3 cm³/mol. The molecule has 0 unspecified atom stereocenters. The van der Waals surface area contributed by atoms with E-state index in [9.17, 15) is 4.79 Å². The summed E-state index contributed by atoms with van der Waals surface area (Å²) in [4.78, 5) is 12.5. The van der Waals surface area contributed by atoms with E-state index in [0.717, 1.165) is 24.0 Å². The number of halogens is 1. The zero-order chi connectivity index (χ0) is 17.3. The van der Waals surface area contributed by atoms with Crippen molar-refractivity contribution in [1.82, 2.24) is 0 Å². The highest BCUT2D eigenvalue weighted by atomic mass is 35.5. The first-order valence-electron chi connectivity index (χ1n) is 8.66. The minimum atomic E-state index is -0.695. The van der Waals surface area contributed by atoms with Gasteiger partial charge in [0.05, 0.1) is 11.7 Å². The van der Waals surface area contributed by atoms with E-state index in [1.807, 2.05) is 0 Å². The first-order valence-corrected chi connectivity index (χ1v) is 9.20. The standard InChI is InChI=1S/C20H19ClO4/c1-10-16-15(19(22)24-10)14(9-21)17(23-2)18-20(16,25-18)13-7-6-11-4-3-5-12(11)8-13/h6-8,14,17-18H,1,3-5,9H2,2H3/t14-,17-,18-,20+/m1/s1. The van der Waals surface area contributed by atoms with Crippen LogP contribution in [0.25, 0.3) is 0 Å². The molecule has 0 spiro atoms. The van der Waals surface area contributed by atoms with Crippen LogP contribution in [0.1, 0.15) is 23.1 Å². The van der Waals surface area contributed by atoms with Gasteiger partial charge in [-0.3, -0.25) is 0 Å². The van der Waals surface area contributed by atoms with Crippen molar-refractivity contribution >= 4 is 17.6 Å². The first-order chi connectivity index (χ1) is 12.1. The molecule has 2 heterocycles. The Hall–Kier alpha value is -1.62. The van der Waals surface area contributed by atoms with Gasteiger partial charge in [0.25, 0.3) is 0 Å². The maximum Gasteiger partial charge on any atom is 0.340 e. The fourth-order valence-corrected chi connectivity index (χ4v) is 5.22. The van der Waals surface area contributed by atoms with Crippen molar-refractivity contribution in [3.05, 3.63) is 58.4 Å². The number of methoxy groups -OCH3 is 1. The van der Waals surface area contributed by atoms with Crippen LogP contribution in [0.2, 0.25) is 0 Å².